The van der Waals surface area contributed by atoms with Gasteiger partial charge in [0.1, 0.15) is 5.76 Å². The zero-order valence-electron chi connectivity index (χ0n) is 9.83. The Morgan fingerprint density at radius 3 is 2.84 bits per heavy atom. The number of benzene rings is 1. The maximum Gasteiger partial charge on any atom is 0.313 e. The van der Waals surface area contributed by atoms with Gasteiger partial charge in [0.2, 0.25) is 0 Å². The Bertz CT molecular complexity index is 624. The summed E-state index contributed by atoms with van der Waals surface area (Å²) in [6.07, 6.45) is 0. The van der Waals surface area contributed by atoms with Crippen molar-refractivity contribution in [3.63, 3.8) is 0 Å². The Labute approximate surface area is 113 Å². The molecule has 0 fully saturated rings. The van der Waals surface area contributed by atoms with Crippen molar-refractivity contribution in [2.75, 3.05) is 5.75 Å². The van der Waals surface area contributed by atoms with Gasteiger partial charge in [-0.05, 0) is 6.07 Å². The van der Waals surface area contributed by atoms with E-state index in [1.54, 1.807) is 24.3 Å². The third kappa shape index (κ3) is 3.35. The van der Waals surface area contributed by atoms with E-state index in [1.165, 1.54) is 0 Å². The van der Waals surface area contributed by atoms with E-state index in [9.17, 15) is 9.90 Å². The summed E-state index contributed by atoms with van der Waals surface area (Å²) in [4.78, 5) is 13.4. The number of rotatable bonds is 5. The van der Waals surface area contributed by atoms with Crippen LogP contribution in [0.1, 0.15) is 5.56 Å². The van der Waals surface area contributed by atoms with Crippen molar-refractivity contribution in [3.05, 3.63) is 36.4 Å². The summed E-state index contributed by atoms with van der Waals surface area (Å²) < 4.78 is 0. The van der Waals surface area contributed by atoms with E-state index in [4.69, 9.17) is 5.11 Å². The van der Waals surface area contributed by atoms with Crippen molar-refractivity contribution in [2.45, 2.75) is 5.16 Å². The van der Waals surface area contributed by atoms with E-state index < -0.39 is 5.97 Å². The molecular weight excluding hydrogens is 266 g/mol. The number of hydrogen-bond acceptors (Lipinski definition) is 5. The van der Waals surface area contributed by atoms with Gasteiger partial charge in [-0.1, -0.05) is 36.5 Å². The van der Waals surface area contributed by atoms with Crippen LogP contribution in [0, 0.1) is 0 Å². The summed E-state index contributed by atoms with van der Waals surface area (Å²) in [5, 5.41) is 26.1. The normalized spacial score (nSPS) is 10.3. The molecule has 7 heteroatoms. The van der Waals surface area contributed by atoms with Crippen LogP contribution in [-0.4, -0.2) is 37.1 Å². The van der Waals surface area contributed by atoms with Crippen molar-refractivity contribution in [3.8, 4) is 11.4 Å². The highest BCUT2D eigenvalue weighted by Crippen LogP contribution is 2.21. The van der Waals surface area contributed by atoms with Crippen LogP contribution < -0.4 is 0 Å². The second-order valence-electron chi connectivity index (χ2n) is 3.69. The first-order chi connectivity index (χ1) is 9.06. The molecule has 19 heavy (non-hydrogen) atoms. The fourth-order valence-electron chi connectivity index (χ4n) is 1.42. The number of aliphatic carboxylic acids is 1. The van der Waals surface area contributed by atoms with E-state index in [0.29, 0.717) is 16.5 Å². The predicted octanol–water partition coefficient (Wildman–Crippen LogP) is 2.18. The Morgan fingerprint density at radius 1 is 1.37 bits per heavy atom. The van der Waals surface area contributed by atoms with Crippen molar-refractivity contribution in [1.82, 2.24) is 15.2 Å². The van der Waals surface area contributed by atoms with Gasteiger partial charge in [0.25, 0.3) is 0 Å². The number of carboxylic acids is 1. The minimum atomic E-state index is -0.915. The molecule has 3 N–H and O–H groups in total. The lowest BCUT2D eigenvalue weighted by Crippen LogP contribution is -1.97. The van der Waals surface area contributed by atoms with Gasteiger partial charge in [0.15, 0.2) is 11.0 Å². The molecule has 0 bridgehead atoms. The van der Waals surface area contributed by atoms with Crippen LogP contribution in [0.4, 0.5) is 0 Å². The van der Waals surface area contributed by atoms with Crippen LogP contribution in [0.25, 0.3) is 17.1 Å². The van der Waals surface area contributed by atoms with Gasteiger partial charge >= 0.3 is 5.97 Å². The zero-order valence-corrected chi connectivity index (χ0v) is 10.6. The average molecular weight is 277 g/mol. The van der Waals surface area contributed by atoms with Crippen LogP contribution in [0.3, 0.4) is 0 Å². The fraction of sp³-hybridized carbons (Fsp3) is 0.0833. The molecule has 0 aliphatic carbocycles. The van der Waals surface area contributed by atoms with Crippen molar-refractivity contribution < 1.29 is 15.0 Å². The van der Waals surface area contributed by atoms with Crippen LogP contribution >= 0.6 is 11.8 Å². The number of nitrogens with zero attached hydrogens (tertiary/aromatic N) is 2. The minimum Gasteiger partial charge on any atom is -0.508 e. The molecule has 2 rings (SSSR count). The molecule has 0 aliphatic rings. The van der Waals surface area contributed by atoms with Gasteiger partial charge in [0.05, 0.1) is 5.75 Å². The lowest BCUT2D eigenvalue weighted by atomic mass is 10.1. The fourth-order valence-corrected chi connectivity index (χ4v) is 1.95. The highest BCUT2D eigenvalue weighted by Gasteiger charge is 2.08. The molecule has 98 valence electrons. The SMILES string of the molecule is C=C(O)c1cccc(-c2nnc(SCC(=O)O)[nH]2)c1. The Kier molecular flexibility index (Phi) is 3.86. The number of aromatic amines is 1. The Morgan fingerprint density at radius 2 is 2.16 bits per heavy atom. The first-order valence-electron chi connectivity index (χ1n) is 5.32. The predicted molar refractivity (Wildman–Crippen MR) is 71.8 cm³/mol. The number of H-pyrrole nitrogens is 1. The standard InChI is InChI=1S/C12H11N3O3S/c1-7(16)8-3-2-4-9(5-8)11-13-12(15-14-11)19-6-10(17)18/h2-5,16H,1,6H2,(H,17,18)(H,13,14,15). The summed E-state index contributed by atoms with van der Waals surface area (Å²) in [5.74, 6) is -0.512. The second kappa shape index (κ2) is 5.57. The first kappa shape index (κ1) is 13.2. The molecule has 0 spiro atoms. The topological polar surface area (TPSA) is 99.1 Å². The molecular formula is C12H11N3O3S. The molecule has 0 saturated carbocycles. The highest BCUT2D eigenvalue weighted by molar-refractivity contribution is 7.99. The van der Waals surface area contributed by atoms with E-state index in [-0.39, 0.29) is 11.5 Å². The molecule has 0 unspecified atom stereocenters. The first-order valence-corrected chi connectivity index (χ1v) is 6.31. The summed E-state index contributed by atoms with van der Waals surface area (Å²) in [6.45, 7) is 3.45. The van der Waals surface area contributed by atoms with Crippen LogP contribution in [-0.2, 0) is 4.79 Å². The van der Waals surface area contributed by atoms with Crippen molar-refractivity contribution in [1.29, 1.82) is 0 Å². The van der Waals surface area contributed by atoms with E-state index in [0.717, 1.165) is 17.3 Å². The maximum absolute atomic E-state index is 10.4. The van der Waals surface area contributed by atoms with Crippen molar-refractivity contribution in [2.24, 2.45) is 0 Å². The molecule has 0 amide bonds. The average Bonchev–Trinajstić information content (AvgIpc) is 2.85. The lowest BCUT2D eigenvalue weighted by molar-refractivity contribution is -0.133. The summed E-state index contributed by atoms with van der Waals surface area (Å²) >= 11 is 1.06. The quantitative estimate of drug-likeness (QED) is 0.572. The van der Waals surface area contributed by atoms with Gasteiger partial charge in [-0.25, -0.2) is 0 Å². The Balaban J connectivity index is 2.20. The number of hydrogen-bond donors (Lipinski definition) is 3. The number of carbonyl (C=O) groups is 1. The van der Waals surface area contributed by atoms with Crippen LogP contribution in [0.2, 0.25) is 0 Å². The third-order valence-electron chi connectivity index (χ3n) is 2.27. The third-order valence-corrected chi connectivity index (χ3v) is 3.12. The van der Waals surface area contributed by atoms with E-state index in [1.807, 2.05) is 0 Å². The van der Waals surface area contributed by atoms with Gasteiger partial charge in [-0.3, -0.25) is 4.79 Å². The largest absolute Gasteiger partial charge is 0.508 e. The smallest absolute Gasteiger partial charge is 0.313 e. The summed E-state index contributed by atoms with van der Waals surface area (Å²) in [6, 6.07) is 7.01. The highest BCUT2D eigenvalue weighted by atomic mass is 32.2. The van der Waals surface area contributed by atoms with E-state index >= 15 is 0 Å². The molecule has 0 aliphatic heterocycles. The number of nitrogens with one attached hydrogen (secondary N) is 1. The number of aliphatic hydroxyl groups is 1. The zero-order chi connectivity index (χ0) is 13.8. The minimum absolute atomic E-state index is 0.0261. The van der Waals surface area contributed by atoms with Gasteiger partial charge in [-0.2, -0.15) is 0 Å². The molecule has 2 aromatic rings. The maximum atomic E-state index is 10.4. The monoisotopic (exact) mass is 277 g/mol. The van der Waals surface area contributed by atoms with Gasteiger partial charge in [0, 0.05) is 11.1 Å². The molecule has 1 heterocycles. The van der Waals surface area contributed by atoms with Gasteiger partial charge in [-0.15, -0.1) is 10.2 Å². The molecule has 0 atom stereocenters. The van der Waals surface area contributed by atoms with Crippen LogP contribution in [0.15, 0.2) is 36.0 Å². The number of thioether (sulfide) groups is 1. The van der Waals surface area contributed by atoms with Gasteiger partial charge < -0.3 is 15.2 Å². The molecule has 1 aromatic carbocycles. The van der Waals surface area contributed by atoms with Crippen molar-refractivity contribution >= 4 is 23.5 Å². The van der Waals surface area contributed by atoms with E-state index in [2.05, 4.69) is 21.8 Å². The Hall–Kier alpha value is -2.28. The second-order valence-corrected chi connectivity index (χ2v) is 4.65. The van der Waals surface area contributed by atoms with Crippen LogP contribution in [0.5, 0.6) is 0 Å². The number of aromatic nitrogens is 3. The lowest BCUT2D eigenvalue weighted by Gasteiger charge is -2.00. The number of aliphatic hydroxyl groups excluding tert-OH is 1. The molecule has 6 nitrogen and oxygen atoms in total. The molecule has 0 radical (unpaired) electrons. The molecule has 0 saturated heterocycles. The summed E-state index contributed by atoms with van der Waals surface area (Å²) in [5.41, 5.74) is 1.33. The summed E-state index contributed by atoms with van der Waals surface area (Å²) in [7, 11) is 0. The molecule has 1 aromatic heterocycles. The number of carboxylic acid groups (broad SMARTS) is 1.